The van der Waals surface area contributed by atoms with Gasteiger partial charge in [0, 0.05) is 13.1 Å². The molecule has 1 aliphatic rings. The van der Waals surface area contributed by atoms with E-state index in [4.69, 9.17) is 5.73 Å². The number of amides is 1. The maximum atomic E-state index is 12.1. The van der Waals surface area contributed by atoms with E-state index < -0.39 is 0 Å². The molecule has 3 N–H and O–H groups in total. The Morgan fingerprint density at radius 3 is 2.67 bits per heavy atom. The summed E-state index contributed by atoms with van der Waals surface area (Å²) >= 11 is 0. The molecule has 1 aliphatic carbocycles. The molecule has 3 nitrogen and oxygen atoms in total. The topological polar surface area (TPSA) is 55.1 Å². The van der Waals surface area contributed by atoms with Crippen molar-refractivity contribution in [3.63, 3.8) is 0 Å². The van der Waals surface area contributed by atoms with E-state index in [9.17, 15) is 4.79 Å². The van der Waals surface area contributed by atoms with Gasteiger partial charge in [0.15, 0.2) is 0 Å². The Balaban J connectivity index is 2.35. The number of carbonyl (C=O) groups excluding carboxylic acids is 1. The number of hydrogen-bond acceptors (Lipinski definition) is 2. The molecule has 0 saturated carbocycles. The van der Waals surface area contributed by atoms with E-state index in [1.54, 1.807) is 0 Å². The van der Waals surface area contributed by atoms with Crippen molar-refractivity contribution < 1.29 is 4.79 Å². The minimum Gasteiger partial charge on any atom is -0.356 e. The Hall–Kier alpha value is -0.830. The third kappa shape index (κ3) is 5.67. The largest absolute Gasteiger partial charge is 0.356 e. The van der Waals surface area contributed by atoms with E-state index >= 15 is 0 Å². The second kappa shape index (κ2) is 6.93. The third-order valence-electron chi connectivity index (χ3n) is 3.46. The standard InChI is InChI=1S/C15H28N2O/c1-15(2,3)9-13(10-16)14(18)17-11-12-7-5-4-6-8-12/h4-5,12-13H,6-11,16H2,1-3H3,(H,17,18). The summed E-state index contributed by atoms with van der Waals surface area (Å²) in [5.41, 5.74) is 5.87. The van der Waals surface area contributed by atoms with Crippen molar-refractivity contribution in [1.29, 1.82) is 0 Å². The van der Waals surface area contributed by atoms with Gasteiger partial charge in [0.05, 0.1) is 5.92 Å². The monoisotopic (exact) mass is 252 g/mol. The van der Waals surface area contributed by atoms with Crippen LogP contribution < -0.4 is 11.1 Å². The lowest BCUT2D eigenvalue weighted by molar-refractivity contribution is -0.125. The fourth-order valence-corrected chi connectivity index (χ4v) is 2.45. The lowest BCUT2D eigenvalue weighted by atomic mass is 9.84. The molecule has 3 heteroatoms. The number of hydrogen-bond donors (Lipinski definition) is 2. The van der Waals surface area contributed by atoms with Crippen molar-refractivity contribution in [2.75, 3.05) is 13.1 Å². The fourth-order valence-electron chi connectivity index (χ4n) is 2.45. The third-order valence-corrected chi connectivity index (χ3v) is 3.46. The Labute approximate surface area is 111 Å². The molecule has 2 atom stereocenters. The van der Waals surface area contributed by atoms with E-state index in [1.807, 2.05) is 0 Å². The number of nitrogens with two attached hydrogens (primary N) is 1. The van der Waals surface area contributed by atoms with Gasteiger partial charge in [-0.25, -0.2) is 0 Å². The van der Waals surface area contributed by atoms with Crippen LogP contribution in [0.5, 0.6) is 0 Å². The Bertz CT molecular complexity index is 291. The molecule has 0 radical (unpaired) electrons. The first kappa shape index (κ1) is 15.2. The van der Waals surface area contributed by atoms with Crippen molar-refractivity contribution in [2.24, 2.45) is 23.0 Å². The van der Waals surface area contributed by atoms with E-state index in [-0.39, 0.29) is 17.2 Å². The highest BCUT2D eigenvalue weighted by Crippen LogP contribution is 2.24. The predicted octanol–water partition coefficient (Wildman–Crippen LogP) is 2.47. The van der Waals surface area contributed by atoms with E-state index in [0.29, 0.717) is 12.5 Å². The summed E-state index contributed by atoms with van der Waals surface area (Å²) in [5, 5.41) is 3.07. The average molecular weight is 252 g/mol. The Kier molecular flexibility index (Phi) is 5.86. The summed E-state index contributed by atoms with van der Waals surface area (Å²) in [6.45, 7) is 7.68. The van der Waals surface area contributed by atoms with E-state index in [0.717, 1.165) is 25.8 Å². The SMILES string of the molecule is CC(C)(C)CC(CN)C(=O)NCC1CC=CCC1. The first-order chi connectivity index (χ1) is 8.42. The van der Waals surface area contributed by atoms with Crippen LogP contribution in [-0.2, 0) is 4.79 Å². The summed E-state index contributed by atoms with van der Waals surface area (Å²) in [6.07, 6.45) is 8.70. The van der Waals surface area contributed by atoms with Gasteiger partial charge in [-0.1, -0.05) is 32.9 Å². The molecule has 0 spiro atoms. The van der Waals surface area contributed by atoms with Crippen LogP contribution in [0.2, 0.25) is 0 Å². The van der Waals surface area contributed by atoms with Gasteiger partial charge in [0.2, 0.25) is 5.91 Å². The zero-order valence-electron chi connectivity index (χ0n) is 12.0. The van der Waals surface area contributed by atoms with Gasteiger partial charge in [-0.15, -0.1) is 0 Å². The van der Waals surface area contributed by atoms with Crippen LogP contribution in [0.3, 0.4) is 0 Å². The predicted molar refractivity (Wildman–Crippen MR) is 76.1 cm³/mol. The molecule has 0 heterocycles. The molecule has 18 heavy (non-hydrogen) atoms. The first-order valence-electron chi connectivity index (χ1n) is 7.05. The molecule has 0 aromatic carbocycles. The van der Waals surface area contributed by atoms with Crippen LogP contribution in [0.4, 0.5) is 0 Å². The molecule has 0 aliphatic heterocycles. The zero-order valence-corrected chi connectivity index (χ0v) is 12.0. The number of allylic oxidation sites excluding steroid dienone is 2. The molecule has 104 valence electrons. The van der Waals surface area contributed by atoms with Crippen LogP contribution in [0.15, 0.2) is 12.2 Å². The number of rotatable bonds is 5. The lowest BCUT2D eigenvalue weighted by Gasteiger charge is -2.25. The van der Waals surface area contributed by atoms with Crippen LogP contribution in [0, 0.1) is 17.3 Å². The van der Waals surface area contributed by atoms with Crippen LogP contribution >= 0.6 is 0 Å². The summed E-state index contributed by atoms with van der Waals surface area (Å²) in [7, 11) is 0. The van der Waals surface area contributed by atoms with Gasteiger partial charge >= 0.3 is 0 Å². The summed E-state index contributed by atoms with van der Waals surface area (Å²) in [6, 6.07) is 0. The summed E-state index contributed by atoms with van der Waals surface area (Å²) in [5.74, 6) is 0.679. The summed E-state index contributed by atoms with van der Waals surface area (Å²) < 4.78 is 0. The van der Waals surface area contributed by atoms with Crippen LogP contribution in [0.25, 0.3) is 0 Å². The maximum Gasteiger partial charge on any atom is 0.224 e. The van der Waals surface area contributed by atoms with E-state index in [1.165, 1.54) is 6.42 Å². The zero-order chi connectivity index (χ0) is 13.6. The molecular weight excluding hydrogens is 224 g/mol. The molecule has 1 rings (SSSR count). The highest BCUT2D eigenvalue weighted by Gasteiger charge is 2.24. The second-order valence-electron chi connectivity index (χ2n) is 6.59. The number of nitrogens with one attached hydrogen (secondary N) is 1. The Morgan fingerprint density at radius 1 is 1.44 bits per heavy atom. The van der Waals surface area contributed by atoms with Crippen molar-refractivity contribution in [1.82, 2.24) is 5.32 Å². The maximum absolute atomic E-state index is 12.1. The van der Waals surface area contributed by atoms with Gasteiger partial charge in [-0.2, -0.15) is 0 Å². The van der Waals surface area contributed by atoms with Crippen LogP contribution in [-0.4, -0.2) is 19.0 Å². The van der Waals surface area contributed by atoms with Gasteiger partial charge in [0.1, 0.15) is 0 Å². The van der Waals surface area contributed by atoms with Gasteiger partial charge in [-0.3, -0.25) is 4.79 Å². The molecule has 1 amide bonds. The Morgan fingerprint density at radius 2 is 2.17 bits per heavy atom. The summed E-state index contributed by atoms with van der Waals surface area (Å²) in [4.78, 5) is 12.1. The molecule has 0 fully saturated rings. The molecule has 0 bridgehead atoms. The second-order valence-corrected chi connectivity index (χ2v) is 6.59. The van der Waals surface area contributed by atoms with Gasteiger partial charge in [-0.05, 0) is 37.0 Å². The molecule has 2 unspecified atom stereocenters. The van der Waals surface area contributed by atoms with Crippen molar-refractivity contribution in [3.8, 4) is 0 Å². The van der Waals surface area contributed by atoms with Crippen molar-refractivity contribution in [2.45, 2.75) is 46.5 Å². The minimum absolute atomic E-state index is 0.0517. The number of carbonyl (C=O) groups is 1. The van der Waals surface area contributed by atoms with Crippen molar-refractivity contribution >= 4 is 5.91 Å². The van der Waals surface area contributed by atoms with Crippen molar-refractivity contribution in [3.05, 3.63) is 12.2 Å². The average Bonchev–Trinajstić information content (AvgIpc) is 2.33. The smallest absolute Gasteiger partial charge is 0.224 e. The molecule has 0 aromatic rings. The highest BCUT2D eigenvalue weighted by molar-refractivity contribution is 5.78. The molecule has 0 saturated heterocycles. The quantitative estimate of drug-likeness (QED) is 0.739. The molecule has 0 aromatic heterocycles. The normalized spacial score (nSPS) is 21.7. The van der Waals surface area contributed by atoms with E-state index in [2.05, 4.69) is 38.2 Å². The van der Waals surface area contributed by atoms with Gasteiger partial charge < -0.3 is 11.1 Å². The molecular formula is C15H28N2O. The first-order valence-corrected chi connectivity index (χ1v) is 7.05. The minimum atomic E-state index is -0.0517. The van der Waals surface area contributed by atoms with Gasteiger partial charge in [0.25, 0.3) is 0 Å². The lowest BCUT2D eigenvalue weighted by Crippen LogP contribution is -2.39. The highest BCUT2D eigenvalue weighted by atomic mass is 16.1. The fraction of sp³-hybridized carbons (Fsp3) is 0.800. The van der Waals surface area contributed by atoms with Crippen LogP contribution in [0.1, 0.15) is 46.5 Å².